The second-order valence-electron chi connectivity index (χ2n) is 2.53. The number of hydrogen-bond donors (Lipinski definition) is 3. The zero-order chi connectivity index (χ0) is 8.43. The van der Waals surface area contributed by atoms with Crippen LogP contribution in [0.1, 0.15) is 18.5 Å². The maximum absolute atomic E-state index is 9.33. The summed E-state index contributed by atoms with van der Waals surface area (Å²) >= 11 is 4.07. The average Bonchev–Trinajstić information content (AvgIpc) is 1.85. The van der Waals surface area contributed by atoms with Crippen LogP contribution >= 0.6 is 12.6 Å². The molecule has 0 radical (unpaired) electrons. The lowest BCUT2D eigenvalue weighted by Crippen LogP contribution is -2.04. The molecule has 0 aromatic heterocycles. The molecule has 0 fully saturated rings. The fraction of sp³-hybridized carbons (Fsp3) is 0.250. The van der Waals surface area contributed by atoms with Crippen LogP contribution < -0.4 is 5.73 Å². The quantitative estimate of drug-likeness (QED) is 0.560. The van der Waals surface area contributed by atoms with E-state index in [1.54, 1.807) is 12.1 Å². The summed E-state index contributed by atoms with van der Waals surface area (Å²) in [4.78, 5) is 0.743. The number of aromatic hydroxyl groups is 1. The smallest absolute Gasteiger partial charge is 0.121 e. The van der Waals surface area contributed by atoms with Crippen LogP contribution in [0, 0.1) is 0 Å². The second kappa shape index (κ2) is 3.15. The van der Waals surface area contributed by atoms with E-state index in [1.165, 1.54) is 0 Å². The van der Waals surface area contributed by atoms with E-state index in [-0.39, 0.29) is 11.8 Å². The number of hydrogen-bond acceptors (Lipinski definition) is 3. The average molecular weight is 169 g/mol. The topological polar surface area (TPSA) is 46.2 Å². The first-order valence-electron chi connectivity index (χ1n) is 3.38. The minimum absolute atomic E-state index is 0.135. The van der Waals surface area contributed by atoms with E-state index < -0.39 is 0 Å². The molecule has 60 valence electrons. The Morgan fingerprint density at radius 2 is 2.18 bits per heavy atom. The Bertz CT molecular complexity index is 260. The van der Waals surface area contributed by atoms with Gasteiger partial charge in [-0.3, -0.25) is 0 Å². The molecular weight excluding hydrogens is 158 g/mol. The molecule has 1 rings (SSSR count). The van der Waals surface area contributed by atoms with Crippen molar-refractivity contribution in [3.05, 3.63) is 23.8 Å². The first kappa shape index (κ1) is 8.43. The lowest BCUT2D eigenvalue weighted by molar-refractivity contribution is 0.462. The molecule has 1 atom stereocenters. The molecule has 0 bridgehead atoms. The number of thiol groups is 1. The summed E-state index contributed by atoms with van der Waals surface area (Å²) in [5, 5.41) is 9.33. The normalized spacial score (nSPS) is 13.0. The van der Waals surface area contributed by atoms with Gasteiger partial charge in [-0.1, -0.05) is 6.07 Å². The number of rotatable bonds is 1. The van der Waals surface area contributed by atoms with E-state index in [0.717, 1.165) is 10.5 Å². The largest absolute Gasteiger partial charge is 0.508 e. The summed E-state index contributed by atoms with van der Waals surface area (Å²) < 4.78 is 0. The van der Waals surface area contributed by atoms with Crippen molar-refractivity contribution >= 4 is 12.6 Å². The highest BCUT2D eigenvalue weighted by molar-refractivity contribution is 7.80. The molecule has 0 spiro atoms. The van der Waals surface area contributed by atoms with Crippen LogP contribution in [0.3, 0.4) is 0 Å². The molecule has 3 N–H and O–H groups in total. The van der Waals surface area contributed by atoms with Gasteiger partial charge < -0.3 is 10.8 Å². The molecule has 0 amide bonds. The Balaban J connectivity index is 3.09. The van der Waals surface area contributed by atoms with Crippen molar-refractivity contribution in [2.24, 2.45) is 5.73 Å². The predicted molar refractivity (Wildman–Crippen MR) is 48.0 cm³/mol. The van der Waals surface area contributed by atoms with Gasteiger partial charge in [0.15, 0.2) is 0 Å². The van der Waals surface area contributed by atoms with Gasteiger partial charge in [-0.05, 0) is 19.1 Å². The molecule has 0 aliphatic carbocycles. The zero-order valence-corrected chi connectivity index (χ0v) is 7.18. The highest BCUT2D eigenvalue weighted by Gasteiger charge is 2.04. The molecule has 0 saturated carbocycles. The van der Waals surface area contributed by atoms with Crippen molar-refractivity contribution in [2.75, 3.05) is 0 Å². The van der Waals surface area contributed by atoms with E-state index in [0.29, 0.717) is 0 Å². The highest BCUT2D eigenvalue weighted by Crippen LogP contribution is 2.24. The van der Waals surface area contributed by atoms with Gasteiger partial charge in [0.25, 0.3) is 0 Å². The van der Waals surface area contributed by atoms with Crippen molar-refractivity contribution in [2.45, 2.75) is 17.9 Å². The van der Waals surface area contributed by atoms with Crippen molar-refractivity contribution in [1.82, 2.24) is 0 Å². The van der Waals surface area contributed by atoms with Crippen molar-refractivity contribution in [3.8, 4) is 5.75 Å². The van der Waals surface area contributed by atoms with E-state index in [1.807, 2.05) is 13.0 Å². The van der Waals surface area contributed by atoms with Gasteiger partial charge in [0.1, 0.15) is 5.75 Å². The first-order valence-corrected chi connectivity index (χ1v) is 3.83. The SMILES string of the molecule is C[C@H](N)c1ccc(S)cc1O. The minimum Gasteiger partial charge on any atom is -0.508 e. The molecular formula is C8H11NOS. The Morgan fingerprint density at radius 1 is 1.55 bits per heavy atom. The van der Waals surface area contributed by atoms with Crippen molar-refractivity contribution in [1.29, 1.82) is 0 Å². The standard InChI is InChI=1S/C8H11NOS/c1-5(9)7-3-2-6(11)4-8(7)10/h2-5,10-11H,9H2,1H3/t5-/m0/s1. The van der Waals surface area contributed by atoms with Gasteiger partial charge in [-0.15, -0.1) is 12.6 Å². The maximum Gasteiger partial charge on any atom is 0.121 e. The fourth-order valence-corrected chi connectivity index (χ4v) is 1.11. The van der Waals surface area contributed by atoms with Crippen LogP contribution in [0.2, 0.25) is 0 Å². The van der Waals surface area contributed by atoms with Crippen molar-refractivity contribution in [3.63, 3.8) is 0 Å². The van der Waals surface area contributed by atoms with Crippen LogP contribution in [-0.4, -0.2) is 5.11 Å². The third-order valence-electron chi connectivity index (χ3n) is 1.50. The van der Waals surface area contributed by atoms with E-state index in [9.17, 15) is 5.11 Å². The summed E-state index contributed by atoms with van der Waals surface area (Å²) in [5.41, 5.74) is 6.33. The molecule has 0 aliphatic heterocycles. The van der Waals surface area contributed by atoms with Gasteiger partial charge in [0, 0.05) is 16.5 Å². The van der Waals surface area contributed by atoms with Gasteiger partial charge in [-0.25, -0.2) is 0 Å². The molecule has 1 aromatic rings. The summed E-state index contributed by atoms with van der Waals surface area (Å²) in [6.45, 7) is 1.83. The molecule has 3 heteroatoms. The lowest BCUT2D eigenvalue weighted by Gasteiger charge is -2.07. The third-order valence-corrected chi connectivity index (χ3v) is 1.78. The third kappa shape index (κ3) is 1.88. The van der Waals surface area contributed by atoms with Crippen LogP contribution in [-0.2, 0) is 0 Å². The molecule has 2 nitrogen and oxygen atoms in total. The van der Waals surface area contributed by atoms with Crippen LogP contribution in [0.5, 0.6) is 5.75 Å². The van der Waals surface area contributed by atoms with E-state index >= 15 is 0 Å². The Hall–Kier alpha value is -0.670. The van der Waals surface area contributed by atoms with Crippen LogP contribution in [0.25, 0.3) is 0 Å². The second-order valence-corrected chi connectivity index (χ2v) is 3.05. The predicted octanol–water partition coefficient (Wildman–Crippen LogP) is 1.70. The molecule has 11 heavy (non-hydrogen) atoms. The summed E-state index contributed by atoms with van der Waals surface area (Å²) in [6.07, 6.45) is 0. The Labute approximate surface area is 71.5 Å². The van der Waals surface area contributed by atoms with Crippen LogP contribution in [0.4, 0.5) is 0 Å². The first-order chi connectivity index (χ1) is 5.11. The molecule has 0 aliphatic rings. The van der Waals surface area contributed by atoms with Gasteiger partial charge >= 0.3 is 0 Å². The van der Waals surface area contributed by atoms with Gasteiger partial charge in [0.2, 0.25) is 0 Å². The molecule has 0 unspecified atom stereocenters. The van der Waals surface area contributed by atoms with Crippen molar-refractivity contribution < 1.29 is 5.11 Å². The monoisotopic (exact) mass is 169 g/mol. The molecule has 0 heterocycles. The van der Waals surface area contributed by atoms with E-state index in [4.69, 9.17) is 5.73 Å². The summed E-state index contributed by atoms with van der Waals surface area (Å²) in [5.74, 6) is 0.215. The molecule has 1 aromatic carbocycles. The minimum atomic E-state index is -0.135. The fourth-order valence-electron chi connectivity index (χ4n) is 0.917. The Morgan fingerprint density at radius 3 is 2.64 bits per heavy atom. The van der Waals surface area contributed by atoms with E-state index in [2.05, 4.69) is 12.6 Å². The Kier molecular flexibility index (Phi) is 2.42. The number of phenolic OH excluding ortho intramolecular Hbond substituents is 1. The number of phenols is 1. The van der Waals surface area contributed by atoms with Crippen LogP contribution in [0.15, 0.2) is 23.1 Å². The van der Waals surface area contributed by atoms with Gasteiger partial charge in [-0.2, -0.15) is 0 Å². The maximum atomic E-state index is 9.33. The molecule has 0 saturated heterocycles. The number of nitrogens with two attached hydrogens (primary N) is 1. The lowest BCUT2D eigenvalue weighted by atomic mass is 10.1. The number of benzene rings is 1. The van der Waals surface area contributed by atoms with Gasteiger partial charge in [0.05, 0.1) is 0 Å². The zero-order valence-electron chi connectivity index (χ0n) is 6.28. The highest BCUT2D eigenvalue weighted by atomic mass is 32.1. The summed E-state index contributed by atoms with van der Waals surface area (Å²) in [6, 6.07) is 5.04. The summed E-state index contributed by atoms with van der Waals surface area (Å²) in [7, 11) is 0.